The second-order valence-corrected chi connectivity index (χ2v) is 6.04. The molecule has 0 bridgehead atoms. The van der Waals surface area contributed by atoms with Crippen LogP contribution in [0.15, 0.2) is 0 Å². The summed E-state index contributed by atoms with van der Waals surface area (Å²) in [5.41, 5.74) is 6.79. The van der Waals surface area contributed by atoms with Gasteiger partial charge in [0.2, 0.25) is 0 Å². The highest BCUT2D eigenvalue weighted by Gasteiger charge is 2.41. The van der Waals surface area contributed by atoms with Gasteiger partial charge in [-0.1, -0.05) is 26.7 Å². The molecule has 2 atom stereocenters. The molecule has 0 spiro atoms. The molecule has 0 saturated heterocycles. The first-order valence-electron chi connectivity index (χ1n) is 6.39. The van der Waals surface area contributed by atoms with Crippen LogP contribution in [-0.4, -0.2) is 5.54 Å². The normalized spacial score (nSPS) is 49.5. The molecule has 2 aliphatic rings. The van der Waals surface area contributed by atoms with Gasteiger partial charge in [0.25, 0.3) is 0 Å². The summed E-state index contributed by atoms with van der Waals surface area (Å²) in [6.07, 6.45) is 9.55. The Kier molecular flexibility index (Phi) is 2.88. The molecule has 2 N–H and O–H groups in total. The standard InChI is InChI=1S/C13H25N/c1-10-3-5-12(6-4-10)13(14)8-7-11(2)9-13/h10-12H,3-9,14H2,1-2H3. The van der Waals surface area contributed by atoms with Gasteiger partial charge >= 0.3 is 0 Å². The summed E-state index contributed by atoms with van der Waals surface area (Å²) < 4.78 is 0. The van der Waals surface area contributed by atoms with E-state index in [1.165, 1.54) is 44.9 Å². The highest BCUT2D eigenvalue weighted by molar-refractivity contribution is 4.98. The second kappa shape index (κ2) is 3.84. The molecule has 0 amide bonds. The molecule has 0 aromatic heterocycles. The monoisotopic (exact) mass is 195 g/mol. The van der Waals surface area contributed by atoms with Crippen LogP contribution in [-0.2, 0) is 0 Å². The third-order valence-corrected chi connectivity index (χ3v) is 4.66. The molecule has 14 heavy (non-hydrogen) atoms. The van der Waals surface area contributed by atoms with E-state index in [0.717, 1.165) is 17.8 Å². The van der Waals surface area contributed by atoms with Gasteiger partial charge in [-0.15, -0.1) is 0 Å². The molecule has 0 radical (unpaired) electrons. The van der Waals surface area contributed by atoms with Gasteiger partial charge in [-0.25, -0.2) is 0 Å². The van der Waals surface area contributed by atoms with Crippen molar-refractivity contribution in [1.82, 2.24) is 0 Å². The maximum absolute atomic E-state index is 6.57. The number of hydrogen-bond donors (Lipinski definition) is 1. The van der Waals surface area contributed by atoms with Crippen LogP contribution in [0.4, 0.5) is 0 Å². The van der Waals surface area contributed by atoms with Gasteiger partial charge in [-0.3, -0.25) is 0 Å². The van der Waals surface area contributed by atoms with Crippen molar-refractivity contribution in [3.63, 3.8) is 0 Å². The predicted octanol–water partition coefficient (Wildman–Crippen LogP) is 3.33. The second-order valence-electron chi connectivity index (χ2n) is 6.04. The largest absolute Gasteiger partial charge is 0.325 e. The molecular formula is C13H25N. The topological polar surface area (TPSA) is 26.0 Å². The molecule has 1 nitrogen and oxygen atoms in total. The molecule has 0 aromatic carbocycles. The van der Waals surface area contributed by atoms with E-state index < -0.39 is 0 Å². The molecule has 2 rings (SSSR count). The minimum atomic E-state index is 0.222. The average Bonchev–Trinajstić information content (AvgIpc) is 2.48. The van der Waals surface area contributed by atoms with Crippen molar-refractivity contribution in [1.29, 1.82) is 0 Å². The summed E-state index contributed by atoms with van der Waals surface area (Å²) in [6.45, 7) is 4.75. The van der Waals surface area contributed by atoms with Gasteiger partial charge in [-0.2, -0.15) is 0 Å². The number of hydrogen-bond acceptors (Lipinski definition) is 1. The highest BCUT2D eigenvalue weighted by Crippen LogP contribution is 2.44. The van der Waals surface area contributed by atoms with Crippen LogP contribution in [0.3, 0.4) is 0 Å². The molecule has 0 aromatic rings. The minimum absolute atomic E-state index is 0.222. The smallest absolute Gasteiger partial charge is 0.0185 e. The lowest BCUT2D eigenvalue weighted by atomic mass is 9.71. The zero-order chi connectivity index (χ0) is 10.2. The fraction of sp³-hybridized carbons (Fsp3) is 1.00. The van der Waals surface area contributed by atoms with Gasteiger partial charge in [0.1, 0.15) is 0 Å². The van der Waals surface area contributed by atoms with Crippen molar-refractivity contribution in [2.45, 2.75) is 64.3 Å². The van der Waals surface area contributed by atoms with Crippen LogP contribution < -0.4 is 5.73 Å². The molecule has 0 aliphatic heterocycles. The summed E-state index contributed by atoms with van der Waals surface area (Å²) in [4.78, 5) is 0. The molecule has 0 heterocycles. The van der Waals surface area contributed by atoms with Crippen molar-refractivity contribution in [3.05, 3.63) is 0 Å². The first-order valence-corrected chi connectivity index (χ1v) is 6.39. The van der Waals surface area contributed by atoms with Crippen molar-refractivity contribution in [2.24, 2.45) is 23.5 Å². The highest BCUT2D eigenvalue weighted by atomic mass is 14.8. The predicted molar refractivity (Wildman–Crippen MR) is 61.1 cm³/mol. The Labute approximate surface area is 88.4 Å². The van der Waals surface area contributed by atoms with Crippen molar-refractivity contribution < 1.29 is 0 Å². The number of rotatable bonds is 1. The van der Waals surface area contributed by atoms with E-state index in [1.807, 2.05) is 0 Å². The SMILES string of the molecule is CC1CCC(C2(N)CCC(C)C2)CC1. The molecule has 2 fully saturated rings. The summed E-state index contributed by atoms with van der Waals surface area (Å²) in [6, 6.07) is 0. The maximum atomic E-state index is 6.57. The van der Waals surface area contributed by atoms with Gasteiger partial charge in [0.15, 0.2) is 0 Å². The Balaban J connectivity index is 1.94. The Bertz CT molecular complexity index is 193. The molecule has 2 saturated carbocycles. The van der Waals surface area contributed by atoms with Gasteiger partial charge in [-0.05, 0) is 49.9 Å². The first kappa shape index (κ1) is 10.5. The van der Waals surface area contributed by atoms with Crippen molar-refractivity contribution in [2.75, 3.05) is 0 Å². The van der Waals surface area contributed by atoms with E-state index in [9.17, 15) is 0 Å². The van der Waals surface area contributed by atoms with E-state index >= 15 is 0 Å². The van der Waals surface area contributed by atoms with E-state index in [2.05, 4.69) is 13.8 Å². The Morgan fingerprint density at radius 2 is 1.57 bits per heavy atom. The van der Waals surface area contributed by atoms with Crippen LogP contribution in [0.2, 0.25) is 0 Å². The number of nitrogens with two attached hydrogens (primary N) is 1. The lowest BCUT2D eigenvalue weighted by molar-refractivity contribution is 0.178. The van der Waals surface area contributed by atoms with E-state index in [0.29, 0.717) is 0 Å². The maximum Gasteiger partial charge on any atom is 0.0185 e. The van der Waals surface area contributed by atoms with Gasteiger partial charge < -0.3 is 5.73 Å². The Hall–Kier alpha value is -0.0400. The Morgan fingerprint density at radius 1 is 0.929 bits per heavy atom. The average molecular weight is 195 g/mol. The lowest BCUT2D eigenvalue weighted by Crippen LogP contribution is -2.46. The molecule has 2 unspecified atom stereocenters. The van der Waals surface area contributed by atoms with Crippen molar-refractivity contribution in [3.8, 4) is 0 Å². The zero-order valence-corrected chi connectivity index (χ0v) is 9.76. The van der Waals surface area contributed by atoms with Crippen LogP contribution >= 0.6 is 0 Å². The van der Waals surface area contributed by atoms with E-state index in [1.54, 1.807) is 0 Å². The molecule has 82 valence electrons. The summed E-state index contributed by atoms with van der Waals surface area (Å²) >= 11 is 0. The fourth-order valence-corrected chi connectivity index (χ4v) is 3.57. The Morgan fingerprint density at radius 3 is 2.07 bits per heavy atom. The third kappa shape index (κ3) is 1.98. The van der Waals surface area contributed by atoms with Crippen molar-refractivity contribution >= 4 is 0 Å². The molecule has 1 heteroatoms. The zero-order valence-electron chi connectivity index (χ0n) is 9.76. The first-order chi connectivity index (χ1) is 6.60. The van der Waals surface area contributed by atoms with Crippen LogP contribution in [0.5, 0.6) is 0 Å². The van der Waals surface area contributed by atoms with Gasteiger partial charge in [0, 0.05) is 5.54 Å². The molecule has 2 aliphatic carbocycles. The van der Waals surface area contributed by atoms with Crippen LogP contribution in [0.25, 0.3) is 0 Å². The van der Waals surface area contributed by atoms with E-state index in [4.69, 9.17) is 5.73 Å². The quantitative estimate of drug-likeness (QED) is 0.682. The van der Waals surface area contributed by atoms with Gasteiger partial charge in [0.05, 0.1) is 0 Å². The minimum Gasteiger partial charge on any atom is -0.325 e. The fourth-order valence-electron chi connectivity index (χ4n) is 3.57. The summed E-state index contributed by atoms with van der Waals surface area (Å²) in [5.74, 6) is 2.66. The van der Waals surface area contributed by atoms with Crippen LogP contribution in [0.1, 0.15) is 58.8 Å². The van der Waals surface area contributed by atoms with E-state index in [-0.39, 0.29) is 5.54 Å². The summed E-state index contributed by atoms with van der Waals surface area (Å²) in [5, 5.41) is 0. The van der Waals surface area contributed by atoms with Crippen LogP contribution in [0, 0.1) is 17.8 Å². The molecular weight excluding hydrogens is 170 g/mol. The lowest BCUT2D eigenvalue weighted by Gasteiger charge is -2.38. The summed E-state index contributed by atoms with van der Waals surface area (Å²) in [7, 11) is 0. The third-order valence-electron chi connectivity index (χ3n) is 4.66.